The minimum Gasteiger partial charge on any atom is -0.394 e. The first kappa shape index (κ1) is 119. The Hall–Kier alpha value is -4.32. The van der Waals surface area contributed by atoms with Gasteiger partial charge >= 0.3 is 0 Å². The predicted molar refractivity (Wildman–Crippen MR) is 441 cm³/mol. The summed E-state index contributed by atoms with van der Waals surface area (Å²) in [5, 5.41) is 379. The molecule has 11 saturated heterocycles. The highest BCUT2D eigenvalue weighted by Gasteiger charge is 2.64. The average Bonchev–Trinajstić information content (AvgIpc) is 0.764. The number of amides is 4. The molecule has 0 aromatic carbocycles. The zero-order chi connectivity index (χ0) is 106. The number of hydrogen-bond donors (Lipinski definition) is 37. The molecule has 37 N–H and O–H groups in total. The third kappa shape index (κ3) is 26.6. The van der Waals surface area contributed by atoms with Crippen LogP contribution in [0.15, 0.2) is 0 Å². The lowest BCUT2D eigenvalue weighted by molar-refractivity contribution is -0.397. The zero-order valence-corrected chi connectivity index (χ0v) is 77.2. The third-order valence-corrected chi connectivity index (χ3v) is 26.3. The number of aliphatic hydroxyl groups is 33. The van der Waals surface area contributed by atoms with Gasteiger partial charge in [-0.1, -0.05) is 0 Å². The van der Waals surface area contributed by atoms with Gasteiger partial charge in [0.1, 0.15) is 281 Å². The molecule has 830 valence electrons. The first-order valence-corrected chi connectivity index (χ1v) is 45.8. The SMILES string of the molecule is CC(=O)N[C@H]1[C@H](OC[C@H]2O[C@@H](O[C@@H]([C@H](O)[C@@H](O)CO)[C@H](O)CO)[C@H](O)[C@@H](O[C@@H]3O[C@H](CO)[C@@H](O[C@@H]4O[C@H](CO)[C@H](O)[C@H](O[C@@H]5O[C@H](CO)[C@@H](O)[C@H](O[C@@H]6O[C@H](CO)[C@H](O)[C@H](O)[C@H]6O)[C@H]5NC(C)=O)[C@H]4O)[C@H](O[C@@H]4O[C@@H](C)[C@@H](O)[C@@H](O)[C@@H]4O)[C@H]3NC(C)=O)[C@H]2O)O[C@H](CO)[C@@H](O[C@@H]2O[C@H](CO)[C@H](O)[C@H](O[C@@H]3O[C@H](CO)[C@@H](O)[C@H](O[C@@H]4O[C@H](CO)[C@H](O)[C@H](O)[C@H]4O)[C@H]3NC(C)=O)[C@H]2O)[C@@H]1O[C@@H]1O[C@@H](C)[C@@H](O)[C@@H](O)[C@@H]1O. The molecular weight excluding hydrogens is 1960 g/mol. The fourth-order valence-electron chi connectivity index (χ4n) is 18.4. The summed E-state index contributed by atoms with van der Waals surface area (Å²) in [6, 6.07) is -8.22. The van der Waals surface area contributed by atoms with Crippen LogP contribution in [0.3, 0.4) is 0 Å². The Morgan fingerprint density at radius 3 is 0.790 bits per heavy atom. The Balaban J connectivity index is 0.936. The van der Waals surface area contributed by atoms with Crippen LogP contribution in [-0.2, 0) is 123 Å². The van der Waals surface area contributed by atoms with E-state index in [1.165, 1.54) is 13.8 Å². The largest absolute Gasteiger partial charge is 0.394 e. The minimum absolute atomic E-state index is 0.841. The van der Waals surface area contributed by atoms with E-state index in [-0.39, 0.29) is 0 Å². The van der Waals surface area contributed by atoms with E-state index in [0.717, 1.165) is 27.7 Å². The molecule has 0 aromatic rings. The first-order chi connectivity index (χ1) is 67.6. The molecule has 11 fully saturated rings. The number of carbonyl (C=O) groups excluding carboxylic acids is 4. The number of carbonyl (C=O) groups is 4. The van der Waals surface area contributed by atoms with Gasteiger partial charge in [-0.05, 0) is 13.8 Å². The molecule has 0 spiro atoms. The summed E-state index contributed by atoms with van der Waals surface area (Å²) < 4.78 is 133. The number of hydrogen-bond acceptors (Lipinski definition) is 59. The van der Waals surface area contributed by atoms with Gasteiger partial charge in [-0.2, -0.15) is 0 Å². The van der Waals surface area contributed by atoms with E-state index in [1.54, 1.807) is 0 Å². The molecule has 59 atom stereocenters. The number of nitrogens with one attached hydrogen (secondary N) is 4. The van der Waals surface area contributed by atoms with Crippen molar-refractivity contribution in [1.29, 1.82) is 0 Å². The quantitative estimate of drug-likeness (QED) is 0.0271. The molecule has 0 aromatic heterocycles. The highest BCUT2D eigenvalue weighted by Crippen LogP contribution is 2.43. The normalized spacial score (nSPS) is 48.3. The van der Waals surface area contributed by atoms with Crippen LogP contribution >= 0.6 is 0 Å². The van der Waals surface area contributed by atoms with Crippen molar-refractivity contribution in [2.45, 2.75) is 403 Å². The van der Waals surface area contributed by atoms with Crippen LogP contribution in [0, 0.1) is 0 Å². The molecule has 11 aliphatic heterocycles. The monoisotopic (exact) mass is 2100 g/mol. The summed E-state index contributed by atoms with van der Waals surface area (Å²) >= 11 is 0. The molecule has 0 radical (unpaired) electrons. The maximum absolute atomic E-state index is 13.9. The second-order valence-corrected chi connectivity index (χ2v) is 36.3. The minimum atomic E-state index is -2.69. The Morgan fingerprint density at radius 2 is 0.469 bits per heavy atom. The lowest BCUT2D eigenvalue weighted by atomic mass is 9.93. The number of rotatable bonds is 40. The second-order valence-electron chi connectivity index (χ2n) is 36.3. The van der Waals surface area contributed by atoms with Crippen LogP contribution in [-0.4, -0.2) is 627 Å². The molecule has 11 rings (SSSR count). The van der Waals surface area contributed by atoms with Crippen molar-refractivity contribution in [2.24, 2.45) is 0 Å². The van der Waals surface area contributed by atoms with Gasteiger partial charge in [-0.25, -0.2) is 0 Å². The summed E-state index contributed by atoms with van der Waals surface area (Å²) in [4.78, 5) is 53.9. The lowest BCUT2D eigenvalue weighted by Gasteiger charge is -2.52. The van der Waals surface area contributed by atoms with E-state index < -0.39 is 458 Å². The molecule has 143 heavy (non-hydrogen) atoms. The van der Waals surface area contributed by atoms with Gasteiger partial charge in [0.15, 0.2) is 69.2 Å². The molecule has 4 amide bonds. The second kappa shape index (κ2) is 52.3. The molecule has 0 aliphatic carbocycles. The summed E-state index contributed by atoms with van der Waals surface area (Å²) in [5.74, 6) is -4.14. The van der Waals surface area contributed by atoms with Gasteiger partial charge in [-0.15, -0.1) is 0 Å². The lowest BCUT2D eigenvalue weighted by Crippen LogP contribution is -2.72. The maximum atomic E-state index is 13.9. The highest BCUT2D eigenvalue weighted by molar-refractivity contribution is 5.74. The molecule has 11 aliphatic rings. The van der Waals surface area contributed by atoms with Gasteiger partial charge in [-0.3, -0.25) is 19.2 Å². The van der Waals surface area contributed by atoms with Crippen LogP contribution in [0.1, 0.15) is 41.5 Å². The summed E-state index contributed by atoms with van der Waals surface area (Å²) in [5.41, 5.74) is 0. The standard InChI is InChI=1S/C80H136N4O59/c1-18-39(101)49(111)53(115)74(123-18)139-65-37(83-22(5)97)70(131-32(15-93)61(65)135-78-57(119)67(46(108)30(13-91)129-78)141-71-35(81-20(3)95)63(44(106)28(11-89)125-71)137-76-55(117)51(113)42(104)26(9-87)127-76)122-17-34-48(110)69(59(121)80(133-34)134-60(25(100)8-86)41(103)24(99)7-85)143-73-38(84-23(6)98)66(140-75-54(116)50(112)40(102)19(2)124-75)62(33(16-94)132-73)136-79-58(120)68(47(109)31(14-92)130-79)142-72-36(82-21(4)96)64(45(107)29(12-90)126-72)138-77-56(118)52(114)43(105)27(10-88)128-77/h18-19,24-80,85-94,99-121H,7-17H2,1-6H3,(H,81,95)(H,82,96)(H,83,97)(H,84,98)/t18-,19-,24-,25+,26+,27+,28+,29+,30+,31+,32+,33+,34+,35+,36+,37+,38+,39+,40+,41+,42-,43-,44+,45+,46-,47-,48-,49+,50+,51-,52-,53-,54-,55+,56+,57+,58+,59+,60+,61+,62+,63+,64+,65+,66+,67-,68-,69-,70+,71-,72-,73-,74-,75-,76-,77-,78-,79-,80-/m0/s1. The zero-order valence-electron chi connectivity index (χ0n) is 77.2. The maximum Gasteiger partial charge on any atom is 0.217 e. The molecule has 0 unspecified atom stereocenters. The van der Waals surface area contributed by atoms with E-state index in [9.17, 15) is 188 Å². The van der Waals surface area contributed by atoms with E-state index in [0.29, 0.717) is 0 Å². The Bertz CT molecular complexity index is 3900. The van der Waals surface area contributed by atoms with Gasteiger partial charge in [0.2, 0.25) is 23.6 Å². The van der Waals surface area contributed by atoms with Gasteiger partial charge in [0.25, 0.3) is 0 Å². The predicted octanol–water partition coefficient (Wildman–Crippen LogP) is -24.9. The molecule has 0 bridgehead atoms. The summed E-state index contributed by atoms with van der Waals surface area (Å²) in [6.45, 7) is -7.53. The number of aliphatic hydroxyl groups excluding tert-OH is 33. The summed E-state index contributed by atoms with van der Waals surface area (Å²) in [7, 11) is 0. The number of ether oxygens (including phenoxy) is 22. The topological polar surface area (TPSA) is 987 Å². The smallest absolute Gasteiger partial charge is 0.217 e. The molecular formula is C80H136N4O59. The Morgan fingerprint density at radius 1 is 0.238 bits per heavy atom. The van der Waals surface area contributed by atoms with Crippen molar-refractivity contribution in [3.05, 3.63) is 0 Å². The Kier molecular flexibility index (Phi) is 43.5. The molecule has 11 heterocycles. The fourth-order valence-corrected chi connectivity index (χ4v) is 18.4. The van der Waals surface area contributed by atoms with Gasteiger partial charge in [0, 0.05) is 27.7 Å². The van der Waals surface area contributed by atoms with Crippen molar-refractivity contribution in [3.8, 4) is 0 Å². The van der Waals surface area contributed by atoms with Crippen molar-refractivity contribution in [3.63, 3.8) is 0 Å². The van der Waals surface area contributed by atoms with Crippen molar-refractivity contribution >= 4 is 23.6 Å². The first-order valence-electron chi connectivity index (χ1n) is 45.8. The fraction of sp³-hybridized carbons (Fsp3) is 0.950. The molecule has 63 nitrogen and oxygen atoms in total. The average molecular weight is 2100 g/mol. The van der Waals surface area contributed by atoms with E-state index >= 15 is 0 Å². The van der Waals surface area contributed by atoms with Crippen LogP contribution in [0.4, 0.5) is 0 Å². The third-order valence-electron chi connectivity index (χ3n) is 26.3. The van der Waals surface area contributed by atoms with Crippen LogP contribution in [0.25, 0.3) is 0 Å². The molecule has 0 saturated carbocycles. The summed E-state index contributed by atoms with van der Waals surface area (Å²) in [6.07, 6.45) is -120. The highest BCUT2D eigenvalue weighted by atomic mass is 16.8. The van der Waals surface area contributed by atoms with E-state index in [1.807, 2.05) is 0 Å². The van der Waals surface area contributed by atoms with E-state index in [2.05, 4.69) is 21.3 Å². The van der Waals surface area contributed by atoms with Gasteiger partial charge in [0.05, 0.1) is 84.9 Å². The van der Waals surface area contributed by atoms with Crippen molar-refractivity contribution < 1.29 is 292 Å². The van der Waals surface area contributed by atoms with Crippen LogP contribution < -0.4 is 21.3 Å². The van der Waals surface area contributed by atoms with Crippen molar-refractivity contribution in [2.75, 3.05) is 72.7 Å². The van der Waals surface area contributed by atoms with Gasteiger partial charge < -0.3 is 294 Å². The van der Waals surface area contributed by atoms with Crippen LogP contribution in [0.2, 0.25) is 0 Å². The van der Waals surface area contributed by atoms with Crippen LogP contribution in [0.5, 0.6) is 0 Å². The molecule has 63 heteroatoms. The Labute approximate surface area is 810 Å². The van der Waals surface area contributed by atoms with Crippen molar-refractivity contribution in [1.82, 2.24) is 21.3 Å². The van der Waals surface area contributed by atoms with E-state index in [4.69, 9.17) is 104 Å².